The van der Waals surface area contributed by atoms with E-state index in [1.807, 2.05) is 4.90 Å². The highest BCUT2D eigenvalue weighted by Gasteiger charge is 2.25. The van der Waals surface area contributed by atoms with Gasteiger partial charge >= 0.3 is 5.97 Å². The molecule has 0 saturated carbocycles. The van der Waals surface area contributed by atoms with Crippen molar-refractivity contribution in [2.75, 3.05) is 22.7 Å². The summed E-state index contributed by atoms with van der Waals surface area (Å²) in [7, 11) is -3.93. The Morgan fingerprint density at radius 2 is 2.13 bits per heavy atom. The Morgan fingerprint density at radius 1 is 1.39 bits per heavy atom. The van der Waals surface area contributed by atoms with E-state index in [2.05, 4.69) is 14.7 Å². The van der Waals surface area contributed by atoms with Gasteiger partial charge in [-0.3, -0.25) is 4.72 Å². The molecule has 1 fully saturated rings. The average Bonchev–Trinajstić information content (AvgIpc) is 2.92. The first-order chi connectivity index (χ1) is 10.9. The van der Waals surface area contributed by atoms with Crippen LogP contribution in [0.25, 0.3) is 0 Å². The van der Waals surface area contributed by atoms with Crippen LogP contribution in [-0.4, -0.2) is 48.6 Å². The Bertz CT molecular complexity index is 827. The van der Waals surface area contributed by atoms with Crippen LogP contribution in [0.15, 0.2) is 28.7 Å². The highest BCUT2D eigenvalue weighted by atomic mass is 32.2. The van der Waals surface area contributed by atoms with Crippen LogP contribution in [0.3, 0.4) is 0 Å². The fourth-order valence-corrected chi connectivity index (χ4v) is 4.00. The molecule has 0 unspecified atom stereocenters. The van der Waals surface area contributed by atoms with E-state index in [0.29, 0.717) is 18.9 Å². The molecule has 0 amide bonds. The summed E-state index contributed by atoms with van der Waals surface area (Å²) >= 11 is 0.896. The Kier molecular flexibility index (Phi) is 3.92. The predicted molar refractivity (Wildman–Crippen MR) is 84.3 cm³/mol. The summed E-state index contributed by atoms with van der Waals surface area (Å²) in [5, 5.41) is 8.91. The molecule has 2 aromatic heterocycles. The summed E-state index contributed by atoms with van der Waals surface area (Å²) in [5.41, 5.74) is 6.62. The van der Waals surface area contributed by atoms with Crippen LogP contribution in [-0.2, 0) is 10.0 Å². The fraction of sp³-hybridized carbons (Fsp3) is 0.250. The van der Waals surface area contributed by atoms with Crippen LogP contribution in [0, 0.1) is 0 Å². The number of nitrogens with one attached hydrogen (secondary N) is 1. The Hall–Kier alpha value is -2.24. The van der Waals surface area contributed by atoms with Crippen LogP contribution in [0.4, 0.5) is 10.8 Å². The van der Waals surface area contributed by atoms with E-state index in [9.17, 15) is 13.2 Å². The van der Waals surface area contributed by atoms with Gasteiger partial charge in [-0.25, -0.2) is 23.2 Å². The van der Waals surface area contributed by atoms with Gasteiger partial charge in [0.25, 0.3) is 10.0 Å². The van der Waals surface area contributed by atoms with Crippen LogP contribution >= 0.6 is 11.3 Å². The summed E-state index contributed by atoms with van der Waals surface area (Å²) in [6, 6.07) is 3.11. The minimum absolute atomic E-state index is 0.0460. The lowest BCUT2D eigenvalue weighted by atomic mass is 10.1. The molecule has 4 N–H and O–H groups in total. The molecule has 0 aromatic carbocycles. The third kappa shape index (κ3) is 3.11. The zero-order valence-corrected chi connectivity index (χ0v) is 13.3. The molecule has 0 aliphatic carbocycles. The number of sulfonamides is 1. The van der Waals surface area contributed by atoms with E-state index in [1.54, 1.807) is 6.07 Å². The Balaban J connectivity index is 1.79. The summed E-state index contributed by atoms with van der Waals surface area (Å²) in [5.74, 6) is -0.652. The van der Waals surface area contributed by atoms with E-state index in [1.165, 1.54) is 17.8 Å². The highest BCUT2D eigenvalue weighted by Crippen LogP contribution is 2.25. The summed E-state index contributed by atoms with van der Waals surface area (Å²) in [4.78, 5) is 20.6. The molecule has 0 spiro atoms. The van der Waals surface area contributed by atoms with Crippen LogP contribution in [0.5, 0.6) is 0 Å². The minimum atomic E-state index is -3.93. The molecule has 1 aliphatic heterocycles. The molecule has 3 rings (SSSR count). The third-order valence-corrected chi connectivity index (χ3v) is 5.47. The number of nitrogens with zero attached hydrogens (tertiary/aromatic N) is 3. The average molecular weight is 355 g/mol. The second kappa shape index (κ2) is 5.76. The molecule has 122 valence electrons. The molecule has 0 atom stereocenters. The van der Waals surface area contributed by atoms with Crippen molar-refractivity contribution in [2.45, 2.75) is 10.9 Å². The van der Waals surface area contributed by atoms with Crippen LogP contribution < -0.4 is 15.4 Å². The van der Waals surface area contributed by atoms with E-state index < -0.39 is 16.0 Å². The Labute approximate surface area is 135 Å². The highest BCUT2D eigenvalue weighted by molar-refractivity contribution is 7.93. The lowest BCUT2D eigenvalue weighted by Crippen LogP contribution is -2.56. The van der Waals surface area contributed by atoms with E-state index in [-0.39, 0.29) is 21.6 Å². The number of hydrogen-bond donors (Lipinski definition) is 3. The lowest BCUT2D eigenvalue weighted by Gasteiger charge is -2.37. The first-order valence-corrected chi connectivity index (χ1v) is 8.89. The normalized spacial score (nSPS) is 15.3. The maximum absolute atomic E-state index is 12.3. The number of rotatable bonds is 5. The zero-order chi connectivity index (χ0) is 16.6. The topological polar surface area (TPSA) is 139 Å². The van der Waals surface area contributed by atoms with Crippen molar-refractivity contribution in [1.82, 2.24) is 9.97 Å². The smallest absolute Gasteiger partial charge is 0.357 e. The molecule has 3 heterocycles. The van der Waals surface area contributed by atoms with Crippen molar-refractivity contribution in [3.63, 3.8) is 0 Å². The summed E-state index contributed by atoms with van der Waals surface area (Å²) in [6.07, 6.45) is 1.23. The van der Waals surface area contributed by atoms with Crippen molar-refractivity contribution >= 4 is 38.1 Å². The van der Waals surface area contributed by atoms with Crippen molar-refractivity contribution in [3.05, 3.63) is 29.5 Å². The second-order valence-corrected chi connectivity index (χ2v) is 7.50. The number of hydrogen-bond acceptors (Lipinski definition) is 8. The molecule has 0 bridgehead atoms. The minimum Gasteiger partial charge on any atom is -0.476 e. The van der Waals surface area contributed by atoms with Gasteiger partial charge in [-0.2, -0.15) is 0 Å². The van der Waals surface area contributed by atoms with Gasteiger partial charge in [0.15, 0.2) is 5.69 Å². The third-order valence-electron chi connectivity index (χ3n) is 3.26. The zero-order valence-electron chi connectivity index (χ0n) is 11.7. The number of thiazole rings is 1. The van der Waals surface area contributed by atoms with Gasteiger partial charge in [0.1, 0.15) is 15.7 Å². The van der Waals surface area contributed by atoms with Gasteiger partial charge in [-0.1, -0.05) is 0 Å². The van der Waals surface area contributed by atoms with Gasteiger partial charge in [0.05, 0.1) is 5.51 Å². The van der Waals surface area contributed by atoms with E-state index in [4.69, 9.17) is 10.8 Å². The molecule has 2 aromatic rings. The van der Waals surface area contributed by atoms with Gasteiger partial charge in [-0.05, 0) is 12.1 Å². The molecule has 0 radical (unpaired) electrons. The molecule has 9 nitrogen and oxygen atoms in total. The number of aromatic carboxylic acids is 1. The van der Waals surface area contributed by atoms with Gasteiger partial charge in [0.2, 0.25) is 0 Å². The number of carbonyl (C=O) groups is 1. The van der Waals surface area contributed by atoms with Crippen molar-refractivity contribution in [3.8, 4) is 0 Å². The molecule has 1 saturated heterocycles. The number of nitrogens with two attached hydrogens (primary N) is 1. The first-order valence-electron chi connectivity index (χ1n) is 6.53. The Morgan fingerprint density at radius 3 is 2.70 bits per heavy atom. The first kappa shape index (κ1) is 15.6. The molecular formula is C12H13N5O4S2. The van der Waals surface area contributed by atoms with Crippen molar-refractivity contribution < 1.29 is 18.3 Å². The SMILES string of the molecule is NC1CN(c2ccc(S(=O)(=O)Nc3scnc3C(=O)O)cn2)C1. The van der Waals surface area contributed by atoms with Gasteiger partial charge < -0.3 is 15.7 Å². The number of pyridine rings is 1. The standard InChI is InChI=1S/C12H13N5O4S2/c13-7-4-17(5-7)9-2-1-8(3-14-9)23(20,21)16-11-10(12(18)19)15-6-22-11/h1-3,6-7,16H,4-5,13H2,(H,18,19). The van der Waals surface area contributed by atoms with Gasteiger partial charge in [0, 0.05) is 25.3 Å². The van der Waals surface area contributed by atoms with E-state index >= 15 is 0 Å². The fourth-order valence-electron chi connectivity index (χ4n) is 2.07. The number of carboxylic acids is 1. The number of carboxylic acid groups (broad SMARTS) is 1. The lowest BCUT2D eigenvalue weighted by molar-refractivity contribution is 0.0692. The summed E-state index contributed by atoms with van der Waals surface area (Å²) in [6.45, 7) is 1.36. The summed E-state index contributed by atoms with van der Waals surface area (Å²) < 4.78 is 26.8. The van der Waals surface area contributed by atoms with Gasteiger partial charge in [-0.15, -0.1) is 11.3 Å². The van der Waals surface area contributed by atoms with Crippen LogP contribution in [0.2, 0.25) is 0 Å². The second-order valence-electron chi connectivity index (χ2n) is 4.96. The van der Waals surface area contributed by atoms with Crippen LogP contribution in [0.1, 0.15) is 10.5 Å². The molecule has 1 aliphatic rings. The number of aromatic nitrogens is 2. The maximum Gasteiger partial charge on any atom is 0.357 e. The monoisotopic (exact) mass is 355 g/mol. The number of anilines is 2. The quantitative estimate of drug-likeness (QED) is 0.690. The molecule has 23 heavy (non-hydrogen) atoms. The van der Waals surface area contributed by atoms with E-state index in [0.717, 1.165) is 11.3 Å². The maximum atomic E-state index is 12.3. The van der Waals surface area contributed by atoms with Crippen molar-refractivity contribution in [2.24, 2.45) is 5.73 Å². The molecule has 11 heteroatoms. The molecular weight excluding hydrogens is 342 g/mol. The van der Waals surface area contributed by atoms with Crippen molar-refractivity contribution in [1.29, 1.82) is 0 Å². The largest absolute Gasteiger partial charge is 0.476 e. The predicted octanol–water partition coefficient (Wildman–Crippen LogP) is 0.184.